The topological polar surface area (TPSA) is 106 Å². The molecular formula is C26H21ClN2O6. The fraction of sp³-hybridized carbons (Fsp3) is 0.154. The third kappa shape index (κ3) is 5.50. The molecule has 0 saturated carbocycles. The molecular weight excluding hydrogens is 472 g/mol. The van der Waals surface area contributed by atoms with Gasteiger partial charge in [0.05, 0.1) is 24.2 Å². The largest absolute Gasteiger partial charge is 0.493 e. The standard InChI is InChI=1S/C26H21ClN2O6/c1-34-22-13-18(11-20(27)23(22)35-15-17-8-5-9-19(10-17)25(31)32)12-21-24(30)29(26(33)28-21)14-16-6-3-2-4-7-16/h2-11,13H,12,14-15H2,1H3,(H,31,32). The molecule has 0 fully saturated rings. The van der Waals surface area contributed by atoms with Crippen LogP contribution in [0.25, 0.3) is 0 Å². The van der Waals surface area contributed by atoms with Crippen LogP contribution in [0.3, 0.4) is 0 Å². The highest BCUT2D eigenvalue weighted by molar-refractivity contribution is 6.46. The number of halogens is 1. The van der Waals surface area contributed by atoms with E-state index >= 15 is 0 Å². The number of hydrogen-bond acceptors (Lipinski definition) is 5. The van der Waals surface area contributed by atoms with Crippen molar-refractivity contribution in [2.45, 2.75) is 19.6 Å². The van der Waals surface area contributed by atoms with Crippen LogP contribution in [0.1, 0.15) is 27.0 Å². The Bertz CT molecular complexity index is 1320. The van der Waals surface area contributed by atoms with Gasteiger partial charge in [0.1, 0.15) is 12.3 Å². The van der Waals surface area contributed by atoms with Crippen molar-refractivity contribution < 1.29 is 29.0 Å². The van der Waals surface area contributed by atoms with Gasteiger partial charge >= 0.3 is 12.0 Å². The first-order valence-electron chi connectivity index (χ1n) is 10.6. The number of carbonyl (C=O) groups is 3. The van der Waals surface area contributed by atoms with Crippen LogP contribution in [0.5, 0.6) is 11.5 Å². The summed E-state index contributed by atoms with van der Waals surface area (Å²) >= 11 is 6.45. The van der Waals surface area contributed by atoms with E-state index in [-0.39, 0.29) is 41.6 Å². The number of carboxylic acids is 1. The molecule has 9 heteroatoms. The van der Waals surface area contributed by atoms with Crippen LogP contribution in [-0.2, 0) is 24.4 Å². The molecule has 3 amide bonds. The van der Waals surface area contributed by atoms with E-state index < -0.39 is 17.9 Å². The highest BCUT2D eigenvalue weighted by Gasteiger charge is 2.33. The van der Waals surface area contributed by atoms with Gasteiger partial charge in [-0.25, -0.2) is 9.59 Å². The molecule has 3 aromatic rings. The second-order valence-electron chi connectivity index (χ2n) is 7.80. The molecule has 178 valence electrons. The SMILES string of the molecule is COc1cc(CC2=NC(=O)N(Cc3ccccc3)C2=O)cc(Cl)c1OCc1cccc(C(=O)O)c1. The van der Waals surface area contributed by atoms with E-state index in [0.717, 1.165) is 10.5 Å². The molecule has 0 atom stereocenters. The number of benzene rings is 3. The normalized spacial score (nSPS) is 13.1. The van der Waals surface area contributed by atoms with Gasteiger partial charge in [-0.15, -0.1) is 0 Å². The lowest BCUT2D eigenvalue weighted by Gasteiger charge is -2.15. The lowest BCUT2D eigenvalue weighted by Crippen LogP contribution is -2.32. The van der Waals surface area contributed by atoms with Crippen molar-refractivity contribution in [3.8, 4) is 11.5 Å². The van der Waals surface area contributed by atoms with Crippen LogP contribution < -0.4 is 9.47 Å². The molecule has 0 spiro atoms. The molecule has 35 heavy (non-hydrogen) atoms. The Morgan fingerprint density at radius 2 is 1.74 bits per heavy atom. The number of imide groups is 1. The molecule has 0 radical (unpaired) electrons. The van der Waals surface area contributed by atoms with Crippen LogP contribution >= 0.6 is 11.6 Å². The van der Waals surface area contributed by atoms with Gasteiger partial charge in [-0.2, -0.15) is 4.99 Å². The molecule has 1 aliphatic heterocycles. The second-order valence-corrected chi connectivity index (χ2v) is 8.21. The smallest absolute Gasteiger partial charge is 0.351 e. The molecule has 4 rings (SSSR count). The fourth-order valence-electron chi connectivity index (χ4n) is 3.65. The quantitative estimate of drug-likeness (QED) is 0.461. The molecule has 8 nitrogen and oxygen atoms in total. The van der Waals surface area contributed by atoms with Crippen LogP contribution in [-0.4, -0.2) is 40.7 Å². The van der Waals surface area contributed by atoms with Crippen molar-refractivity contribution in [1.29, 1.82) is 0 Å². The highest BCUT2D eigenvalue weighted by atomic mass is 35.5. The van der Waals surface area contributed by atoms with E-state index in [1.54, 1.807) is 24.3 Å². The van der Waals surface area contributed by atoms with Gasteiger partial charge < -0.3 is 14.6 Å². The number of methoxy groups -OCH3 is 1. The lowest BCUT2D eigenvalue weighted by atomic mass is 10.1. The predicted octanol–water partition coefficient (Wildman–Crippen LogP) is 4.77. The Labute approximate surface area is 206 Å². The van der Waals surface area contributed by atoms with Crippen molar-refractivity contribution in [3.63, 3.8) is 0 Å². The lowest BCUT2D eigenvalue weighted by molar-refractivity contribution is -0.121. The van der Waals surface area contributed by atoms with Crippen LogP contribution in [0.4, 0.5) is 4.79 Å². The average molecular weight is 493 g/mol. The number of carboxylic acid groups (broad SMARTS) is 1. The zero-order chi connectivity index (χ0) is 24.9. The van der Waals surface area contributed by atoms with Crippen LogP contribution in [0, 0.1) is 0 Å². The summed E-state index contributed by atoms with van der Waals surface area (Å²) in [6, 6.07) is 18.3. The summed E-state index contributed by atoms with van der Waals surface area (Å²) in [5.74, 6) is -0.870. The second kappa shape index (κ2) is 10.4. The molecule has 0 bridgehead atoms. The van der Waals surface area contributed by atoms with E-state index in [2.05, 4.69) is 4.99 Å². The van der Waals surface area contributed by atoms with Crippen LogP contribution in [0.2, 0.25) is 5.02 Å². The van der Waals surface area contributed by atoms with Gasteiger partial charge in [-0.3, -0.25) is 9.69 Å². The Morgan fingerprint density at radius 1 is 1.00 bits per heavy atom. The van der Waals surface area contributed by atoms with Crippen molar-refractivity contribution >= 4 is 35.2 Å². The number of aromatic carboxylic acids is 1. The maximum Gasteiger partial charge on any atom is 0.351 e. The van der Waals surface area contributed by atoms with Crippen molar-refractivity contribution in [3.05, 3.63) is 94.0 Å². The predicted molar refractivity (Wildman–Crippen MR) is 129 cm³/mol. The minimum absolute atomic E-state index is 0.0741. The summed E-state index contributed by atoms with van der Waals surface area (Å²) in [4.78, 5) is 41.4. The van der Waals surface area contributed by atoms with E-state index in [1.165, 1.54) is 19.2 Å². The maximum absolute atomic E-state index is 12.8. The third-order valence-electron chi connectivity index (χ3n) is 5.35. The maximum atomic E-state index is 12.8. The van der Waals surface area contributed by atoms with Crippen molar-refractivity contribution in [2.24, 2.45) is 4.99 Å². The zero-order valence-electron chi connectivity index (χ0n) is 18.7. The van der Waals surface area contributed by atoms with Gasteiger partial charge in [0, 0.05) is 6.42 Å². The first kappa shape index (κ1) is 24.0. The highest BCUT2D eigenvalue weighted by Crippen LogP contribution is 2.37. The molecule has 0 unspecified atom stereocenters. The Morgan fingerprint density at radius 3 is 2.46 bits per heavy atom. The first-order chi connectivity index (χ1) is 16.9. The Hall–Kier alpha value is -4.17. The number of rotatable bonds is 9. The molecule has 1 aliphatic rings. The van der Waals surface area contributed by atoms with Gasteiger partial charge in [-0.1, -0.05) is 54.1 Å². The van der Waals surface area contributed by atoms with Crippen LogP contribution in [0.15, 0.2) is 71.7 Å². The number of aliphatic imine (C=N–C) groups is 1. The first-order valence-corrected chi connectivity index (χ1v) is 11.0. The summed E-state index contributed by atoms with van der Waals surface area (Å²) in [5.41, 5.74) is 2.36. The number of nitrogens with zero attached hydrogens (tertiary/aromatic N) is 2. The molecule has 1 heterocycles. The van der Waals surface area contributed by atoms with Gasteiger partial charge in [0.2, 0.25) is 0 Å². The summed E-state index contributed by atoms with van der Waals surface area (Å²) < 4.78 is 11.2. The molecule has 3 aromatic carbocycles. The number of urea groups is 1. The summed E-state index contributed by atoms with van der Waals surface area (Å²) in [7, 11) is 1.46. The van der Waals surface area contributed by atoms with E-state index in [9.17, 15) is 14.4 Å². The van der Waals surface area contributed by atoms with Gasteiger partial charge in [0.15, 0.2) is 11.5 Å². The van der Waals surface area contributed by atoms with E-state index in [0.29, 0.717) is 16.9 Å². The number of amides is 3. The minimum Gasteiger partial charge on any atom is -0.493 e. The fourth-order valence-corrected chi connectivity index (χ4v) is 3.93. The Kier molecular flexibility index (Phi) is 7.12. The third-order valence-corrected chi connectivity index (χ3v) is 5.64. The summed E-state index contributed by atoms with van der Waals surface area (Å²) in [5, 5.41) is 9.40. The number of carbonyl (C=O) groups excluding carboxylic acids is 2. The molecule has 0 saturated heterocycles. The monoisotopic (exact) mass is 492 g/mol. The molecule has 0 aliphatic carbocycles. The molecule has 0 aromatic heterocycles. The zero-order valence-corrected chi connectivity index (χ0v) is 19.5. The van der Waals surface area contributed by atoms with Crippen molar-refractivity contribution in [2.75, 3.05) is 7.11 Å². The molecule has 1 N–H and O–H groups in total. The Balaban J connectivity index is 1.48. The average Bonchev–Trinajstić information content (AvgIpc) is 3.11. The van der Waals surface area contributed by atoms with Gasteiger partial charge in [0.25, 0.3) is 5.91 Å². The van der Waals surface area contributed by atoms with Gasteiger partial charge in [-0.05, 0) is 41.0 Å². The minimum atomic E-state index is -1.03. The number of hydrogen-bond donors (Lipinski definition) is 1. The van der Waals surface area contributed by atoms with E-state index in [4.69, 9.17) is 26.2 Å². The van der Waals surface area contributed by atoms with Crippen molar-refractivity contribution in [1.82, 2.24) is 4.90 Å². The summed E-state index contributed by atoms with van der Waals surface area (Å²) in [6.45, 7) is 0.218. The van der Waals surface area contributed by atoms with E-state index in [1.807, 2.05) is 30.3 Å². The summed E-state index contributed by atoms with van der Waals surface area (Å²) in [6.07, 6.45) is 0.0902. The number of ether oxygens (including phenoxy) is 2.